The van der Waals surface area contributed by atoms with Crippen LogP contribution in [0.25, 0.3) is 0 Å². The highest BCUT2D eigenvalue weighted by atomic mass is 16.3. The molecule has 0 aromatic carbocycles. The molecule has 7 atom stereocenters. The molecule has 0 bridgehead atoms. The maximum absolute atomic E-state index is 10.2. The monoisotopic (exact) mass is 410 g/mol. The average Bonchev–Trinajstić information content (AvgIpc) is 3.06. The second-order valence-corrected chi connectivity index (χ2v) is 12.0. The summed E-state index contributed by atoms with van der Waals surface area (Å²) >= 11 is 0. The number of rotatable bonds is 5. The molecule has 0 heterocycles. The van der Waals surface area contributed by atoms with E-state index in [2.05, 4.69) is 59.8 Å². The zero-order valence-electron chi connectivity index (χ0n) is 20.5. The molecule has 1 N–H and O–H groups in total. The van der Waals surface area contributed by atoms with Crippen LogP contribution < -0.4 is 0 Å². The van der Waals surface area contributed by atoms with E-state index in [0.29, 0.717) is 16.7 Å². The lowest BCUT2D eigenvalue weighted by atomic mass is 9.50. The van der Waals surface area contributed by atoms with Gasteiger partial charge in [0, 0.05) is 0 Å². The molecular weight excluding hydrogens is 364 g/mol. The Hall–Kier alpha value is -0.820. The van der Waals surface area contributed by atoms with Crippen molar-refractivity contribution in [1.29, 1.82) is 0 Å². The Bertz CT molecular complexity index is 739. The first-order valence-electron chi connectivity index (χ1n) is 13.0. The van der Waals surface area contributed by atoms with Crippen molar-refractivity contribution in [1.82, 2.24) is 0 Å². The predicted molar refractivity (Wildman–Crippen MR) is 128 cm³/mol. The highest BCUT2D eigenvalue weighted by Crippen LogP contribution is 2.66. The second-order valence-electron chi connectivity index (χ2n) is 12.0. The molecule has 0 spiro atoms. The van der Waals surface area contributed by atoms with Gasteiger partial charge in [-0.1, -0.05) is 76.5 Å². The molecule has 3 saturated carbocycles. The third-order valence-electron chi connectivity index (χ3n) is 10.2. The molecule has 0 radical (unpaired) electrons. The standard InChI is InChI=1S/C29H46O/c1-7-21(19(2)3)9-8-20(4)25-12-13-26-24-11-10-22-18-23(30)14-16-28(22,5)27(24)15-17-29(25,26)6/h9-11,19-20,23,25-27,30H,7-8,12-18H2,1-6H3/t20-,23?,25-,26+,27+,28+,29-/m1/s1. The van der Waals surface area contributed by atoms with E-state index < -0.39 is 0 Å². The number of hydrogen-bond donors (Lipinski definition) is 1. The molecule has 1 heteroatoms. The summed E-state index contributed by atoms with van der Waals surface area (Å²) < 4.78 is 0. The number of aliphatic hydroxyl groups excluding tert-OH is 1. The fraction of sp³-hybridized carbons (Fsp3) is 0.793. The summed E-state index contributed by atoms with van der Waals surface area (Å²) in [5, 5.41) is 10.2. The predicted octanol–water partition coefficient (Wildman–Crippen LogP) is 7.87. The summed E-state index contributed by atoms with van der Waals surface area (Å²) in [6.07, 6.45) is 18.5. The number of aliphatic hydroxyl groups is 1. The van der Waals surface area contributed by atoms with Crippen LogP contribution in [0.5, 0.6) is 0 Å². The first-order valence-corrected chi connectivity index (χ1v) is 13.0. The Labute approximate surface area is 186 Å². The van der Waals surface area contributed by atoms with E-state index >= 15 is 0 Å². The number of fused-ring (bicyclic) bond motifs is 5. The van der Waals surface area contributed by atoms with Crippen LogP contribution in [-0.4, -0.2) is 11.2 Å². The van der Waals surface area contributed by atoms with Crippen LogP contribution in [0.1, 0.15) is 99.3 Å². The van der Waals surface area contributed by atoms with Crippen molar-refractivity contribution < 1.29 is 5.11 Å². The fourth-order valence-corrected chi connectivity index (χ4v) is 8.25. The Morgan fingerprint density at radius 1 is 1.07 bits per heavy atom. The normalized spacial score (nSPS) is 42.2. The minimum Gasteiger partial charge on any atom is -0.393 e. The van der Waals surface area contributed by atoms with Gasteiger partial charge in [0.2, 0.25) is 0 Å². The van der Waals surface area contributed by atoms with Crippen LogP contribution >= 0.6 is 0 Å². The molecule has 0 saturated heterocycles. The summed E-state index contributed by atoms with van der Waals surface area (Å²) in [5.74, 6) is 3.84. The van der Waals surface area contributed by atoms with Gasteiger partial charge in [0.15, 0.2) is 0 Å². The fourth-order valence-electron chi connectivity index (χ4n) is 8.25. The van der Waals surface area contributed by atoms with Crippen LogP contribution in [0.15, 0.2) is 34.9 Å². The van der Waals surface area contributed by atoms with E-state index in [1.807, 2.05) is 0 Å². The van der Waals surface area contributed by atoms with Crippen molar-refractivity contribution in [2.24, 2.45) is 40.4 Å². The van der Waals surface area contributed by atoms with E-state index in [4.69, 9.17) is 0 Å². The minimum absolute atomic E-state index is 0.114. The lowest BCUT2D eigenvalue weighted by Crippen LogP contribution is -2.46. The zero-order valence-corrected chi connectivity index (χ0v) is 20.5. The average molecular weight is 411 g/mol. The first-order chi connectivity index (χ1) is 14.2. The van der Waals surface area contributed by atoms with Crippen molar-refractivity contribution in [3.05, 3.63) is 34.9 Å². The highest BCUT2D eigenvalue weighted by molar-refractivity contribution is 5.38. The van der Waals surface area contributed by atoms with Gasteiger partial charge in [-0.3, -0.25) is 0 Å². The Kier molecular flexibility index (Phi) is 6.17. The van der Waals surface area contributed by atoms with Crippen LogP contribution in [0.2, 0.25) is 0 Å². The summed E-state index contributed by atoms with van der Waals surface area (Å²) in [6, 6.07) is 0. The molecule has 0 aliphatic heterocycles. The molecular formula is C29H46O. The molecule has 3 fully saturated rings. The van der Waals surface area contributed by atoms with Crippen LogP contribution in [-0.2, 0) is 0 Å². The van der Waals surface area contributed by atoms with Gasteiger partial charge in [-0.05, 0) is 98.2 Å². The Morgan fingerprint density at radius 2 is 1.83 bits per heavy atom. The third kappa shape index (κ3) is 3.58. The van der Waals surface area contributed by atoms with Crippen LogP contribution in [0.4, 0.5) is 0 Å². The van der Waals surface area contributed by atoms with Gasteiger partial charge in [-0.2, -0.15) is 0 Å². The minimum atomic E-state index is -0.114. The van der Waals surface area contributed by atoms with Gasteiger partial charge >= 0.3 is 0 Å². The van der Waals surface area contributed by atoms with E-state index in [9.17, 15) is 5.11 Å². The van der Waals surface area contributed by atoms with Crippen molar-refractivity contribution in [2.75, 3.05) is 0 Å². The largest absolute Gasteiger partial charge is 0.393 e. The Balaban J connectivity index is 1.55. The van der Waals surface area contributed by atoms with Crippen LogP contribution in [0.3, 0.4) is 0 Å². The molecule has 0 amide bonds. The maximum atomic E-state index is 10.2. The molecule has 1 unspecified atom stereocenters. The van der Waals surface area contributed by atoms with E-state index in [1.54, 1.807) is 11.1 Å². The molecule has 30 heavy (non-hydrogen) atoms. The maximum Gasteiger partial charge on any atom is 0.0578 e. The van der Waals surface area contributed by atoms with Crippen molar-refractivity contribution in [3.63, 3.8) is 0 Å². The molecule has 0 aromatic heterocycles. The van der Waals surface area contributed by atoms with Crippen molar-refractivity contribution >= 4 is 0 Å². The summed E-state index contributed by atoms with van der Waals surface area (Å²) in [4.78, 5) is 0. The van der Waals surface area contributed by atoms with Crippen molar-refractivity contribution in [2.45, 2.75) is 105 Å². The summed E-state index contributed by atoms with van der Waals surface area (Å²) in [6.45, 7) is 14.7. The van der Waals surface area contributed by atoms with E-state index in [-0.39, 0.29) is 6.10 Å². The smallest absolute Gasteiger partial charge is 0.0578 e. The van der Waals surface area contributed by atoms with Gasteiger partial charge in [0.1, 0.15) is 0 Å². The Morgan fingerprint density at radius 3 is 2.53 bits per heavy atom. The van der Waals surface area contributed by atoms with Crippen LogP contribution in [0, 0.1) is 40.4 Å². The van der Waals surface area contributed by atoms with E-state index in [1.165, 1.54) is 50.5 Å². The van der Waals surface area contributed by atoms with Gasteiger partial charge in [-0.15, -0.1) is 0 Å². The molecule has 1 nitrogen and oxygen atoms in total. The summed E-state index contributed by atoms with van der Waals surface area (Å²) in [5.41, 5.74) is 5.76. The quantitative estimate of drug-likeness (QED) is 0.457. The highest BCUT2D eigenvalue weighted by Gasteiger charge is 2.56. The number of hydrogen-bond acceptors (Lipinski definition) is 1. The van der Waals surface area contributed by atoms with E-state index in [0.717, 1.165) is 36.5 Å². The topological polar surface area (TPSA) is 20.2 Å². The lowest BCUT2D eigenvalue weighted by molar-refractivity contribution is 0.0340. The molecule has 4 rings (SSSR count). The van der Waals surface area contributed by atoms with Gasteiger partial charge in [0.05, 0.1) is 6.10 Å². The van der Waals surface area contributed by atoms with Gasteiger partial charge in [0.25, 0.3) is 0 Å². The molecule has 4 aliphatic rings. The molecule has 168 valence electrons. The zero-order chi connectivity index (χ0) is 21.7. The number of allylic oxidation sites excluding steroid dienone is 5. The lowest BCUT2D eigenvalue weighted by Gasteiger charge is -2.55. The SMILES string of the molecule is CCC(=CC[C@@H](C)[C@H]1CC[C@H]2C3=CC=C4CC(O)CC[C@]4(C)[C@H]3CC[C@]12C)C(C)C. The summed E-state index contributed by atoms with van der Waals surface area (Å²) in [7, 11) is 0. The molecule has 4 aliphatic carbocycles. The van der Waals surface area contributed by atoms with Crippen molar-refractivity contribution in [3.8, 4) is 0 Å². The molecule has 0 aromatic rings. The second kappa shape index (κ2) is 8.27. The third-order valence-corrected chi connectivity index (χ3v) is 10.2. The van der Waals surface area contributed by atoms with Gasteiger partial charge in [-0.25, -0.2) is 0 Å². The van der Waals surface area contributed by atoms with Gasteiger partial charge < -0.3 is 5.11 Å². The first kappa shape index (κ1) is 22.4.